The van der Waals surface area contributed by atoms with Crippen LogP contribution in [-0.4, -0.2) is 32.8 Å². The van der Waals surface area contributed by atoms with Crippen LogP contribution in [0.3, 0.4) is 0 Å². The predicted molar refractivity (Wildman–Crippen MR) is 99.8 cm³/mol. The van der Waals surface area contributed by atoms with Gasteiger partial charge in [0, 0.05) is 17.6 Å². The number of carbonyl (C=O) groups excluding carboxylic acids is 1. The third-order valence-electron chi connectivity index (χ3n) is 5.35. The van der Waals surface area contributed by atoms with Crippen LogP contribution in [-0.2, 0) is 4.79 Å². The highest BCUT2D eigenvalue weighted by Crippen LogP contribution is 2.47. The van der Waals surface area contributed by atoms with Gasteiger partial charge in [0.05, 0.1) is 12.2 Å². The van der Waals surface area contributed by atoms with Gasteiger partial charge in [0.15, 0.2) is 5.82 Å². The summed E-state index contributed by atoms with van der Waals surface area (Å²) in [5.41, 5.74) is 0. The number of nitrogens with zero attached hydrogens (tertiary/aromatic N) is 4. The molecule has 8 heteroatoms. The van der Waals surface area contributed by atoms with E-state index in [1.807, 2.05) is 12.1 Å². The zero-order valence-electron chi connectivity index (χ0n) is 15.3. The standard InChI is InChI=1S/C19H24N4O3S/c1-12-9-15(12)16-8-7-14(26-16)10-20-23-18(13-5-3-2-4-6-13)21-22-19(23)27-11-17(24)25/h7-8,10,12-13,15H,2-6,9,11H2,1H3,(H,24,25)/p-1/b20-10-/t12-,15+/m0/s1. The van der Waals surface area contributed by atoms with Crippen molar-refractivity contribution >= 4 is 23.9 Å². The maximum absolute atomic E-state index is 10.8. The van der Waals surface area contributed by atoms with Crippen LogP contribution in [0.15, 0.2) is 26.8 Å². The quantitative estimate of drug-likeness (QED) is 0.535. The first kappa shape index (κ1) is 18.3. The molecule has 2 saturated carbocycles. The first-order chi connectivity index (χ1) is 13.1. The fourth-order valence-electron chi connectivity index (χ4n) is 3.68. The SMILES string of the molecule is C[C@H]1C[C@H]1c1ccc(/C=N\n2c(SCC(=O)[O-])nnc2C2CCCCC2)o1. The van der Waals surface area contributed by atoms with Crippen molar-refractivity contribution in [3.05, 3.63) is 29.5 Å². The van der Waals surface area contributed by atoms with E-state index in [-0.39, 0.29) is 5.75 Å². The highest BCUT2D eigenvalue weighted by Gasteiger charge is 2.36. The molecule has 144 valence electrons. The van der Waals surface area contributed by atoms with E-state index in [0.717, 1.165) is 36.2 Å². The van der Waals surface area contributed by atoms with E-state index in [1.165, 1.54) is 25.7 Å². The van der Waals surface area contributed by atoms with Gasteiger partial charge in [0.1, 0.15) is 11.5 Å². The number of hydrogen-bond donors (Lipinski definition) is 0. The number of thioether (sulfide) groups is 1. The van der Waals surface area contributed by atoms with Crippen LogP contribution in [0.4, 0.5) is 0 Å². The lowest BCUT2D eigenvalue weighted by atomic mass is 9.89. The van der Waals surface area contributed by atoms with Crippen LogP contribution < -0.4 is 5.11 Å². The molecular formula is C19H23N4O3S-. The third kappa shape index (κ3) is 4.26. The Balaban J connectivity index is 1.56. The van der Waals surface area contributed by atoms with Crippen molar-refractivity contribution in [2.45, 2.75) is 62.4 Å². The van der Waals surface area contributed by atoms with Gasteiger partial charge in [-0.3, -0.25) is 0 Å². The number of carboxylic acid groups (broad SMARTS) is 1. The second-order valence-corrected chi connectivity index (χ2v) is 8.39. The number of rotatable bonds is 7. The van der Waals surface area contributed by atoms with Crippen molar-refractivity contribution in [3.63, 3.8) is 0 Å². The summed E-state index contributed by atoms with van der Waals surface area (Å²) in [6.45, 7) is 2.22. The molecule has 2 heterocycles. The average molecular weight is 387 g/mol. The number of carboxylic acids is 1. The molecule has 2 fully saturated rings. The summed E-state index contributed by atoms with van der Waals surface area (Å²) in [4.78, 5) is 10.8. The largest absolute Gasteiger partial charge is 0.549 e. The summed E-state index contributed by atoms with van der Waals surface area (Å²) in [7, 11) is 0. The molecule has 2 aromatic rings. The molecule has 0 amide bonds. The van der Waals surface area contributed by atoms with Crippen molar-refractivity contribution in [2.75, 3.05) is 5.75 Å². The molecule has 27 heavy (non-hydrogen) atoms. The minimum atomic E-state index is -1.13. The molecule has 0 spiro atoms. The molecule has 0 bridgehead atoms. The summed E-state index contributed by atoms with van der Waals surface area (Å²) in [5.74, 6) is 2.69. The highest BCUT2D eigenvalue weighted by molar-refractivity contribution is 7.99. The van der Waals surface area contributed by atoms with Crippen LogP contribution >= 0.6 is 11.8 Å². The van der Waals surface area contributed by atoms with Crippen LogP contribution in [0.2, 0.25) is 0 Å². The number of hydrogen-bond acceptors (Lipinski definition) is 7. The lowest BCUT2D eigenvalue weighted by Crippen LogP contribution is -2.24. The van der Waals surface area contributed by atoms with Gasteiger partial charge in [0.25, 0.3) is 0 Å². The summed E-state index contributed by atoms with van der Waals surface area (Å²) >= 11 is 1.08. The van der Waals surface area contributed by atoms with Crippen LogP contribution in [0.1, 0.15) is 74.6 Å². The summed E-state index contributed by atoms with van der Waals surface area (Å²) in [6.07, 6.45) is 8.54. The molecule has 0 aromatic carbocycles. The topological polar surface area (TPSA) is 96.3 Å². The molecular weight excluding hydrogens is 364 g/mol. The zero-order valence-corrected chi connectivity index (χ0v) is 16.2. The molecule has 2 aliphatic rings. The van der Waals surface area contributed by atoms with Crippen molar-refractivity contribution < 1.29 is 14.3 Å². The molecule has 2 atom stereocenters. The Hall–Kier alpha value is -2.09. The average Bonchev–Trinajstić information content (AvgIpc) is 3.08. The zero-order chi connectivity index (χ0) is 18.8. The predicted octanol–water partition coefficient (Wildman–Crippen LogP) is 2.77. The van der Waals surface area contributed by atoms with E-state index in [0.29, 0.717) is 28.7 Å². The van der Waals surface area contributed by atoms with Crippen molar-refractivity contribution in [1.29, 1.82) is 0 Å². The van der Waals surface area contributed by atoms with Crippen LogP contribution in [0, 0.1) is 5.92 Å². The van der Waals surface area contributed by atoms with E-state index < -0.39 is 5.97 Å². The lowest BCUT2D eigenvalue weighted by Gasteiger charge is -2.20. The second-order valence-electron chi connectivity index (χ2n) is 7.45. The van der Waals surface area contributed by atoms with Gasteiger partial charge < -0.3 is 14.3 Å². The fraction of sp³-hybridized carbons (Fsp3) is 0.579. The molecule has 0 unspecified atom stereocenters. The summed E-state index contributed by atoms with van der Waals surface area (Å²) in [5, 5.41) is 24.3. The van der Waals surface area contributed by atoms with Gasteiger partial charge in [-0.05, 0) is 37.3 Å². The smallest absolute Gasteiger partial charge is 0.212 e. The van der Waals surface area contributed by atoms with Gasteiger partial charge in [0.2, 0.25) is 5.16 Å². The summed E-state index contributed by atoms with van der Waals surface area (Å²) in [6, 6.07) is 3.93. The Morgan fingerprint density at radius 3 is 2.85 bits per heavy atom. The Labute approximate surface area is 162 Å². The Morgan fingerprint density at radius 2 is 2.15 bits per heavy atom. The van der Waals surface area contributed by atoms with E-state index in [2.05, 4.69) is 22.2 Å². The molecule has 0 radical (unpaired) electrons. The number of aliphatic carboxylic acids is 1. The van der Waals surface area contributed by atoms with Crippen molar-refractivity contribution in [2.24, 2.45) is 11.0 Å². The van der Waals surface area contributed by atoms with E-state index in [4.69, 9.17) is 4.42 Å². The minimum absolute atomic E-state index is 0.178. The first-order valence-electron chi connectivity index (χ1n) is 9.54. The van der Waals surface area contributed by atoms with Crippen LogP contribution in [0.25, 0.3) is 0 Å². The third-order valence-corrected chi connectivity index (χ3v) is 6.24. The van der Waals surface area contributed by atoms with E-state index in [9.17, 15) is 9.90 Å². The number of aromatic nitrogens is 3. The highest BCUT2D eigenvalue weighted by atomic mass is 32.2. The number of furan rings is 1. The second kappa shape index (κ2) is 7.88. The van der Waals surface area contributed by atoms with Gasteiger partial charge in [-0.25, -0.2) is 0 Å². The fourth-order valence-corrected chi connectivity index (χ4v) is 4.29. The molecule has 4 rings (SSSR count). The normalized spacial score (nSPS) is 23.1. The molecule has 0 aliphatic heterocycles. The Kier molecular flexibility index (Phi) is 5.33. The van der Waals surface area contributed by atoms with E-state index in [1.54, 1.807) is 10.9 Å². The maximum atomic E-state index is 10.8. The monoisotopic (exact) mass is 387 g/mol. The van der Waals surface area contributed by atoms with Crippen molar-refractivity contribution in [3.8, 4) is 0 Å². The minimum Gasteiger partial charge on any atom is -0.549 e. The van der Waals surface area contributed by atoms with Gasteiger partial charge in [-0.15, -0.1) is 10.2 Å². The maximum Gasteiger partial charge on any atom is 0.212 e. The van der Waals surface area contributed by atoms with Gasteiger partial charge >= 0.3 is 0 Å². The van der Waals surface area contributed by atoms with E-state index >= 15 is 0 Å². The Bertz CT molecular complexity index is 838. The molecule has 0 saturated heterocycles. The molecule has 7 nitrogen and oxygen atoms in total. The molecule has 2 aromatic heterocycles. The van der Waals surface area contributed by atoms with Gasteiger partial charge in [-0.2, -0.15) is 9.78 Å². The van der Waals surface area contributed by atoms with Crippen molar-refractivity contribution in [1.82, 2.24) is 14.9 Å². The lowest BCUT2D eigenvalue weighted by molar-refractivity contribution is -0.301. The van der Waals surface area contributed by atoms with Gasteiger partial charge in [-0.1, -0.05) is 37.9 Å². The Morgan fingerprint density at radius 1 is 1.37 bits per heavy atom. The molecule has 2 aliphatic carbocycles. The summed E-state index contributed by atoms with van der Waals surface area (Å²) < 4.78 is 7.56. The number of carbonyl (C=O) groups is 1. The van der Waals surface area contributed by atoms with Crippen LogP contribution in [0.5, 0.6) is 0 Å². The first-order valence-corrected chi connectivity index (χ1v) is 10.5. The molecule has 0 N–H and O–H groups in total.